The summed E-state index contributed by atoms with van der Waals surface area (Å²) in [7, 11) is 1.70. The largest absolute Gasteiger partial charge is 0.496 e. The van der Waals surface area contributed by atoms with Crippen molar-refractivity contribution < 1.29 is 4.74 Å². The van der Waals surface area contributed by atoms with Gasteiger partial charge in [0.2, 0.25) is 0 Å². The predicted molar refractivity (Wildman–Crippen MR) is 81.7 cm³/mol. The zero-order chi connectivity index (χ0) is 13.7. The average molecular weight is 326 g/mol. The fourth-order valence-corrected chi connectivity index (χ4v) is 2.22. The van der Waals surface area contributed by atoms with Gasteiger partial charge in [-0.05, 0) is 43.4 Å². The van der Waals surface area contributed by atoms with E-state index in [9.17, 15) is 0 Å². The van der Waals surface area contributed by atoms with Gasteiger partial charge in [-0.1, -0.05) is 22.0 Å². The van der Waals surface area contributed by atoms with Crippen LogP contribution in [0, 0.1) is 0 Å². The second-order valence-corrected chi connectivity index (χ2v) is 5.66. The molecule has 0 amide bonds. The summed E-state index contributed by atoms with van der Waals surface area (Å²) in [6, 6.07) is 6.67. The number of hydrogen-bond donors (Lipinski definition) is 2. The van der Waals surface area contributed by atoms with Crippen LogP contribution < -0.4 is 15.8 Å². The van der Waals surface area contributed by atoms with Crippen LogP contribution in [-0.2, 0) is 6.42 Å². The van der Waals surface area contributed by atoms with E-state index in [0.29, 0.717) is 12.0 Å². The van der Waals surface area contributed by atoms with E-state index in [-0.39, 0.29) is 0 Å². The first-order valence-corrected chi connectivity index (χ1v) is 7.37. The first kappa shape index (κ1) is 14.2. The topological polar surface area (TPSA) is 59.6 Å². The van der Waals surface area contributed by atoms with Crippen molar-refractivity contribution in [2.45, 2.75) is 31.7 Å². The van der Waals surface area contributed by atoms with E-state index in [4.69, 9.17) is 10.5 Å². The zero-order valence-corrected chi connectivity index (χ0v) is 12.7. The molecule has 0 atom stereocenters. The third-order valence-electron chi connectivity index (χ3n) is 3.06. The Morgan fingerprint density at radius 3 is 3.00 bits per heavy atom. The van der Waals surface area contributed by atoms with Gasteiger partial charge >= 0.3 is 0 Å². The summed E-state index contributed by atoms with van der Waals surface area (Å²) >= 11 is 3.44. The van der Waals surface area contributed by atoms with Crippen molar-refractivity contribution in [2.75, 3.05) is 13.7 Å². The minimum Gasteiger partial charge on any atom is -0.496 e. The third-order valence-corrected chi connectivity index (χ3v) is 3.56. The number of nitrogens with zero attached hydrogens (tertiary/aromatic N) is 1. The molecule has 1 saturated carbocycles. The van der Waals surface area contributed by atoms with Crippen LogP contribution in [0.2, 0.25) is 0 Å². The Morgan fingerprint density at radius 1 is 1.53 bits per heavy atom. The molecule has 1 fully saturated rings. The molecule has 0 radical (unpaired) electrons. The van der Waals surface area contributed by atoms with Gasteiger partial charge in [0.05, 0.1) is 7.11 Å². The number of benzene rings is 1. The lowest BCUT2D eigenvalue weighted by Crippen LogP contribution is -2.33. The van der Waals surface area contributed by atoms with Crippen LogP contribution in [-0.4, -0.2) is 25.7 Å². The van der Waals surface area contributed by atoms with E-state index in [1.54, 1.807) is 7.11 Å². The molecule has 104 valence electrons. The van der Waals surface area contributed by atoms with Crippen LogP contribution >= 0.6 is 15.9 Å². The molecule has 2 rings (SSSR count). The Balaban J connectivity index is 1.78. The highest BCUT2D eigenvalue weighted by atomic mass is 79.9. The lowest BCUT2D eigenvalue weighted by Gasteiger charge is -2.08. The van der Waals surface area contributed by atoms with Crippen LogP contribution in [0.3, 0.4) is 0 Å². The molecule has 1 aromatic carbocycles. The first-order valence-electron chi connectivity index (χ1n) is 6.58. The number of guanidine groups is 1. The van der Waals surface area contributed by atoms with Gasteiger partial charge in [-0.3, -0.25) is 4.99 Å². The van der Waals surface area contributed by atoms with Crippen molar-refractivity contribution >= 4 is 21.9 Å². The molecule has 19 heavy (non-hydrogen) atoms. The summed E-state index contributed by atoms with van der Waals surface area (Å²) in [6.45, 7) is 0.741. The van der Waals surface area contributed by atoms with Crippen LogP contribution in [0.15, 0.2) is 27.7 Å². The molecule has 0 bridgehead atoms. The molecule has 1 aliphatic carbocycles. The van der Waals surface area contributed by atoms with Gasteiger partial charge in [0.1, 0.15) is 5.75 Å². The quantitative estimate of drug-likeness (QED) is 0.480. The predicted octanol–water partition coefficient (Wildman–Crippen LogP) is 2.46. The number of rotatable bonds is 6. The smallest absolute Gasteiger partial charge is 0.188 e. The highest BCUT2D eigenvalue weighted by Gasteiger charge is 2.21. The molecule has 0 spiro atoms. The standard InChI is InChI=1S/C14H20BrN3O/c1-19-13-9-11(15)5-4-10(13)3-2-8-17-14(16)18-12-6-7-12/h4-5,9,12H,2-3,6-8H2,1H3,(H3,16,17,18). The molecule has 4 nitrogen and oxygen atoms in total. The molecule has 1 aliphatic rings. The SMILES string of the molecule is COc1cc(Br)ccc1CCCN=C(N)NC1CC1. The summed E-state index contributed by atoms with van der Waals surface area (Å²) in [5, 5.41) is 3.18. The Bertz CT molecular complexity index is 458. The number of aliphatic imine (C=N–C) groups is 1. The summed E-state index contributed by atoms with van der Waals surface area (Å²) in [4.78, 5) is 4.33. The normalized spacial score (nSPS) is 15.4. The van der Waals surface area contributed by atoms with E-state index in [1.165, 1.54) is 18.4 Å². The van der Waals surface area contributed by atoms with Crippen molar-refractivity contribution in [3.8, 4) is 5.75 Å². The Kier molecular flexibility index (Phi) is 5.07. The molecule has 0 aromatic heterocycles. The molecular formula is C14H20BrN3O. The maximum atomic E-state index is 5.78. The van der Waals surface area contributed by atoms with Crippen molar-refractivity contribution in [3.63, 3.8) is 0 Å². The van der Waals surface area contributed by atoms with Gasteiger partial charge in [0, 0.05) is 17.1 Å². The first-order chi connectivity index (χ1) is 9.19. The van der Waals surface area contributed by atoms with Crippen LogP contribution in [0.5, 0.6) is 5.75 Å². The number of nitrogens with two attached hydrogens (primary N) is 1. The van der Waals surface area contributed by atoms with Crippen molar-refractivity contribution in [3.05, 3.63) is 28.2 Å². The minimum absolute atomic E-state index is 0.565. The van der Waals surface area contributed by atoms with Crippen molar-refractivity contribution in [2.24, 2.45) is 10.7 Å². The van der Waals surface area contributed by atoms with E-state index >= 15 is 0 Å². The number of nitrogens with one attached hydrogen (secondary N) is 1. The highest BCUT2D eigenvalue weighted by Crippen LogP contribution is 2.24. The summed E-state index contributed by atoms with van der Waals surface area (Å²) in [5.41, 5.74) is 6.98. The molecule has 3 N–H and O–H groups in total. The Hall–Kier alpha value is -1.23. The zero-order valence-electron chi connectivity index (χ0n) is 11.2. The van der Waals surface area contributed by atoms with Gasteiger partial charge in [-0.25, -0.2) is 0 Å². The van der Waals surface area contributed by atoms with E-state index < -0.39 is 0 Å². The van der Waals surface area contributed by atoms with Gasteiger partial charge in [-0.15, -0.1) is 0 Å². The second kappa shape index (κ2) is 6.80. The molecule has 0 aliphatic heterocycles. The molecule has 0 saturated heterocycles. The second-order valence-electron chi connectivity index (χ2n) is 4.75. The summed E-state index contributed by atoms with van der Waals surface area (Å²) < 4.78 is 6.39. The molecule has 5 heteroatoms. The maximum absolute atomic E-state index is 5.78. The van der Waals surface area contributed by atoms with Gasteiger partial charge < -0.3 is 15.8 Å². The van der Waals surface area contributed by atoms with E-state index in [1.807, 2.05) is 12.1 Å². The lowest BCUT2D eigenvalue weighted by atomic mass is 10.1. The number of aryl methyl sites for hydroxylation is 1. The van der Waals surface area contributed by atoms with E-state index in [0.717, 1.165) is 29.6 Å². The third kappa shape index (κ3) is 4.74. The van der Waals surface area contributed by atoms with Crippen molar-refractivity contribution in [1.29, 1.82) is 0 Å². The fraction of sp³-hybridized carbons (Fsp3) is 0.500. The minimum atomic E-state index is 0.565. The monoisotopic (exact) mass is 325 g/mol. The summed E-state index contributed by atoms with van der Waals surface area (Å²) in [5.74, 6) is 1.49. The number of halogens is 1. The lowest BCUT2D eigenvalue weighted by molar-refractivity contribution is 0.409. The van der Waals surface area contributed by atoms with Gasteiger partial charge in [0.25, 0.3) is 0 Å². The molecule has 0 heterocycles. The summed E-state index contributed by atoms with van der Waals surface area (Å²) in [6.07, 6.45) is 4.33. The number of methoxy groups -OCH3 is 1. The fourth-order valence-electron chi connectivity index (χ4n) is 1.88. The highest BCUT2D eigenvalue weighted by molar-refractivity contribution is 9.10. The van der Waals surface area contributed by atoms with E-state index in [2.05, 4.69) is 32.3 Å². The van der Waals surface area contributed by atoms with Gasteiger partial charge in [0.15, 0.2) is 5.96 Å². The van der Waals surface area contributed by atoms with Crippen LogP contribution in [0.4, 0.5) is 0 Å². The molecule has 0 unspecified atom stereocenters. The average Bonchev–Trinajstić information content (AvgIpc) is 3.19. The molecule has 1 aromatic rings. The molecular weight excluding hydrogens is 306 g/mol. The van der Waals surface area contributed by atoms with Gasteiger partial charge in [-0.2, -0.15) is 0 Å². The Morgan fingerprint density at radius 2 is 2.32 bits per heavy atom. The van der Waals surface area contributed by atoms with Crippen molar-refractivity contribution in [1.82, 2.24) is 5.32 Å². The maximum Gasteiger partial charge on any atom is 0.188 e. The van der Waals surface area contributed by atoms with Crippen LogP contribution in [0.1, 0.15) is 24.8 Å². The van der Waals surface area contributed by atoms with Crippen LogP contribution in [0.25, 0.3) is 0 Å². The number of ether oxygens (including phenoxy) is 1. The number of hydrogen-bond acceptors (Lipinski definition) is 2. The Labute approximate surface area is 122 Å².